The zero-order chi connectivity index (χ0) is 12.8. The number of aliphatic carboxylic acids is 1. The largest absolute Gasteiger partial charge is 0.480 e. The van der Waals surface area contributed by atoms with Gasteiger partial charge >= 0.3 is 5.97 Å². The first-order chi connectivity index (χ1) is 8.06. The third-order valence-electron chi connectivity index (χ3n) is 3.49. The number of hydrogen-bond donors (Lipinski definition) is 3. The van der Waals surface area contributed by atoms with Crippen molar-refractivity contribution in [3.8, 4) is 0 Å². The van der Waals surface area contributed by atoms with Gasteiger partial charge in [0.1, 0.15) is 6.04 Å². The second-order valence-electron chi connectivity index (χ2n) is 4.73. The van der Waals surface area contributed by atoms with E-state index in [1.807, 2.05) is 13.8 Å². The summed E-state index contributed by atoms with van der Waals surface area (Å²) >= 11 is 0. The molecule has 0 saturated carbocycles. The molecule has 1 rings (SSSR count). The molecule has 0 aromatic heterocycles. The Hall–Kier alpha value is -1.10. The van der Waals surface area contributed by atoms with Crippen molar-refractivity contribution in [1.82, 2.24) is 10.6 Å². The van der Waals surface area contributed by atoms with E-state index in [0.29, 0.717) is 0 Å². The molecule has 2 atom stereocenters. The Morgan fingerprint density at radius 3 is 2.47 bits per heavy atom. The van der Waals surface area contributed by atoms with Crippen molar-refractivity contribution in [1.29, 1.82) is 0 Å². The summed E-state index contributed by atoms with van der Waals surface area (Å²) in [5, 5.41) is 14.9. The fourth-order valence-electron chi connectivity index (χ4n) is 2.04. The van der Waals surface area contributed by atoms with Crippen molar-refractivity contribution >= 4 is 11.9 Å². The van der Waals surface area contributed by atoms with E-state index in [1.165, 1.54) is 0 Å². The molecule has 1 amide bonds. The average molecular weight is 242 g/mol. The number of hydrogen-bond acceptors (Lipinski definition) is 3. The van der Waals surface area contributed by atoms with Crippen LogP contribution in [-0.2, 0) is 9.59 Å². The van der Waals surface area contributed by atoms with Crippen molar-refractivity contribution in [3.63, 3.8) is 0 Å². The van der Waals surface area contributed by atoms with E-state index < -0.39 is 12.0 Å². The van der Waals surface area contributed by atoms with E-state index in [-0.39, 0.29) is 17.7 Å². The monoisotopic (exact) mass is 242 g/mol. The molecule has 0 unspecified atom stereocenters. The van der Waals surface area contributed by atoms with Crippen molar-refractivity contribution in [3.05, 3.63) is 0 Å². The molecule has 0 aromatic carbocycles. The quantitative estimate of drug-likeness (QED) is 0.659. The number of piperidine rings is 1. The predicted octanol–water partition coefficient (Wildman–Crippen LogP) is 0.601. The number of carboxylic acids is 1. The SMILES string of the molecule is CC[C@H](C)[C@H](NC(=O)C1CCNCC1)C(=O)O. The Kier molecular flexibility index (Phi) is 5.41. The molecule has 0 spiro atoms. The van der Waals surface area contributed by atoms with Gasteiger partial charge in [0.2, 0.25) is 5.91 Å². The van der Waals surface area contributed by atoms with Gasteiger partial charge in [-0.25, -0.2) is 4.79 Å². The number of nitrogens with one attached hydrogen (secondary N) is 2. The minimum Gasteiger partial charge on any atom is -0.480 e. The summed E-state index contributed by atoms with van der Waals surface area (Å²) in [4.78, 5) is 23.0. The highest BCUT2D eigenvalue weighted by Crippen LogP contribution is 2.14. The molecule has 1 fully saturated rings. The van der Waals surface area contributed by atoms with Crippen molar-refractivity contribution in [2.24, 2.45) is 11.8 Å². The molecule has 1 aliphatic rings. The molecule has 0 bridgehead atoms. The Morgan fingerprint density at radius 1 is 1.41 bits per heavy atom. The standard InChI is InChI=1S/C12H22N2O3/c1-3-8(2)10(12(16)17)14-11(15)9-4-6-13-7-5-9/h8-10,13H,3-7H2,1-2H3,(H,14,15)(H,16,17)/t8-,10-/m0/s1. The van der Waals surface area contributed by atoms with Gasteiger partial charge < -0.3 is 15.7 Å². The van der Waals surface area contributed by atoms with E-state index in [0.717, 1.165) is 32.4 Å². The first-order valence-corrected chi connectivity index (χ1v) is 6.30. The van der Waals surface area contributed by atoms with Gasteiger partial charge in [-0.2, -0.15) is 0 Å². The van der Waals surface area contributed by atoms with Crippen molar-refractivity contribution in [2.75, 3.05) is 13.1 Å². The van der Waals surface area contributed by atoms with Crippen molar-refractivity contribution < 1.29 is 14.7 Å². The molecule has 1 heterocycles. The maximum Gasteiger partial charge on any atom is 0.326 e. The summed E-state index contributed by atoms with van der Waals surface area (Å²) in [5.41, 5.74) is 0. The Balaban J connectivity index is 2.53. The second kappa shape index (κ2) is 6.59. The minimum atomic E-state index is -0.943. The van der Waals surface area contributed by atoms with Crippen LogP contribution in [0.5, 0.6) is 0 Å². The van der Waals surface area contributed by atoms with Crippen LogP contribution in [0.2, 0.25) is 0 Å². The van der Waals surface area contributed by atoms with Crippen LogP contribution in [0, 0.1) is 11.8 Å². The number of carboxylic acid groups (broad SMARTS) is 1. The number of carbonyl (C=O) groups is 2. The van der Waals surface area contributed by atoms with Gasteiger partial charge in [0.25, 0.3) is 0 Å². The Morgan fingerprint density at radius 2 is 2.00 bits per heavy atom. The number of rotatable bonds is 5. The van der Waals surface area contributed by atoms with Crippen molar-refractivity contribution in [2.45, 2.75) is 39.2 Å². The zero-order valence-corrected chi connectivity index (χ0v) is 10.5. The maximum atomic E-state index is 11.9. The highest BCUT2D eigenvalue weighted by atomic mass is 16.4. The van der Waals surface area contributed by atoms with Gasteiger partial charge in [-0.15, -0.1) is 0 Å². The number of amides is 1. The highest BCUT2D eigenvalue weighted by molar-refractivity contribution is 5.85. The van der Waals surface area contributed by atoms with Gasteiger partial charge in [-0.05, 0) is 31.8 Å². The van der Waals surface area contributed by atoms with Crippen LogP contribution in [-0.4, -0.2) is 36.1 Å². The molecule has 3 N–H and O–H groups in total. The van der Waals surface area contributed by atoms with E-state index in [2.05, 4.69) is 10.6 Å². The molecule has 5 heteroatoms. The molecular formula is C12H22N2O3. The molecule has 1 aliphatic heterocycles. The highest BCUT2D eigenvalue weighted by Gasteiger charge is 2.29. The summed E-state index contributed by atoms with van der Waals surface area (Å²) in [6.07, 6.45) is 2.32. The predicted molar refractivity (Wildman–Crippen MR) is 64.6 cm³/mol. The van der Waals surface area contributed by atoms with Gasteiger partial charge in [0.15, 0.2) is 0 Å². The molecule has 17 heavy (non-hydrogen) atoms. The van der Waals surface area contributed by atoms with Crippen LogP contribution in [0.3, 0.4) is 0 Å². The first-order valence-electron chi connectivity index (χ1n) is 6.30. The van der Waals surface area contributed by atoms with Gasteiger partial charge in [0, 0.05) is 5.92 Å². The van der Waals surface area contributed by atoms with Gasteiger partial charge in [0.05, 0.1) is 0 Å². The van der Waals surface area contributed by atoms with Crippen LogP contribution < -0.4 is 10.6 Å². The average Bonchev–Trinajstić information content (AvgIpc) is 2.35. The minimum absolute atomic E-state index is 0.0397. The first kappa shape index (κ1) is 14.0. The Bertz CT molecular complexity index is 275. The molecule has 0 aromatic rings. The van der Waals surface area contributed by atoms with E-state index >= 15 is 0 Å². The van der Waals surface area contributed by atoms with Gasteiger partial charge in [-0.1, -0.05) is 20.3 Å². The molecule has 1 saturated heterocycles. The van der Waals surface area contributed by atoms with E-state index in [4.69, 9.17) is 5.11 Å². The fourth-order valence-corrected chi connectivity index (χ4v) is 2.04. The molecule has 0 aliphatic carbocycles. The number of carbonyl (C=O) groups excluding carboxylic acids is 1. The molecule has 5 nitrogen and oxygen atoms in total. The maximum absolute atomic E-state index is 11.9. The Labute approximate surface area is 102 Å². The lowest BCUT2D eigenvalue weighted by Crippen LogP contribution is -2.48. The molecule has 0 radical (unpaired) electrons. The summed E-state index contributed by atoms with van der Waals surface area (Å²) < 4.78 is 0. The third-order valence-corrected chi connectivity index (χ3v) is 3.49. The fraction of sp³-hybridized carbons (Fsp3) is 0.833. The normalized spacial score (nSPS) is 20.6. The lowest BCUT2D eigenvalue weighted by atomic mass is 9.94. The van der Waals surface area contributed by atoms with Crippen LogP contribution in [0.4, 0.5) is 0 Å². The smallest absolute Gasteiger partial charge is 0.326 e. The zero-order valence-electron chi connectivity index (χ0n) is 10.5. The third kappa shape index (κ3) is 4.00. The van der Waals surface area contributed by atoms with Crippen LogP contribution >= 0.6 is 0 Å². The van der Waals surface area contributed by atoms with Gasteiger partial charge in [-0.3, -0.25) is 4.79 Å². The molecule has 98 valence electrons. The van der Waals surface area contributed by atoms with Crippen LogP contribution in [0.1, 0.15) is 33.1 Å². The summed E-state index contributed by atoms with van der Waals surface area (Å²) in [5.74, 6) is -1.14. The van der Waals surface area contributed by atoms with E-state index in [1.54, 1.807) is 0 Å². The summed E-state index contributed by atoms with van der Waals surface area (Å²) in [6.45, 7) is 5.44. The topological polar surface area (TPSA) is 78.4 Å². The summed E-state index contributed by atoms with van der Waals surface area (Å²) in [6, 6.07) is -0.762. The molecular weight excluding hydrogens is 220 g/mol. The second-order valence-corrected chi connectivity index (χ2v) is 4.73. The lowest BCUT2D eigenvalue weighted by Gasteiger charge is -2.26. The lowest BCUT2D eigenvalue weighted by molar-refractivity contribution is -0.144. The van der Waals surface area contributed by atoms with Crippen LogP contribution in [0.25, 0.3) is 0 Å². The van der Waals surface area contributed by atoms with E-state index in [9.17, 15) is 9.59 Å². The summed E-state index contributed by atoms with van der Waals surface area (Å²) in [7, 11) is 0. The van der Waals surface area contributed by atoms with Crippen LogP contribution in [0.15, 0.2) is 0 Å².